The van der Waals surface area contributed by atoms with Gasteiger partial charge >= 0.3 is 5.69 Å². The Labute approximate surface area is 255 Å². The summed E-state index contributed by atoms with van der Waals surface area (Å²) in [4.78, 5) is 37.7. The molecule has 1 aliphatic rings. The fourth-order valence-corrected chi connectivity index (χ4v) is 5.54. The first kappa shape index (κ1) is 30.5. The number of nitrogens with zero attached hydrogens (tertiary/aromatic N) is 6. The second-order valence-electron chi connectivity index (χ2n) is 11.2. The third-order valence-electron chi connectivity index (χ3n) is 7.65. The predicted molar refractivity (Wildman–Crippen MR) is 166 cm³/mol. The highest BCUT2D eigenvalue weighted by Crippen LogP contribution is 2.26. The van der Waals surface area contributed by atoms with Gasteiger partial charge in [0.25, 0.3) is 5.91 Å². The van der Waals surface area contributed by atoms with Crippen molar-refractivity contribution in [3.05, 3.63) is 83.1 Å². The van der Waals surface area contributed by atoms with E-state index in [0.717, 1.165) is 6.54 Å². The van der Waals surface area contributed by atoms with Gasteiger partial charge in [-0.1, -0.05) is 25.1 Å². The Bertz CT molecular complexity index is 1770. The van der Waals surface area contributed by atoms with Crippen molar-refractivity contribution in [2.45, 2.75) is 51.9 Å². The molecule has 3 heterocycles. The lowest BCUT2D eigenvalue weighted by Crippen LogP contribution is -2.57. The number of anilines is 1. The molecule has 228 valence electrons. The number of nitrogens with two attached hydrogens (primary N) is 1. The number of imidazole rings is 1. The first-order chi connectivity index (χ1) is 21.1. The summed E-state index contributed by atoms with van der Waals surface area (Å²) in [6.07, 6.45) is 2.98. The number of ether oxygens (including phenoxy) is 2. The molecular weight excluding hydrogens is 560 g/mol. The molecule has 2 aromatic carbocycles. The van der Waals surface area contributed by atoms with E-state index in [1.807, 2.05) is 57.2 Å². The van der Waals surface area contributed by atoms with E-state index < -0.39 is 23.2 Å². The Morgan fingerprint density at radius 1 is 1.20 bits per heavy atom. The molecule has 0 saturated carbocycles. The van der Waals surface area contributed by atoms with Gasteiger partial charge in [-0.05, 0) is 69.8 Å². The van der Waals surface area contributed by atoms with Crippen molar-refractivity contribution in [3.8, 4) is 23.3 Å². The van der Waals surface area contributed by atoms with Crippen molar-refractivity contribution < 1.29 is 14.3 Å². The number of hydrogen-bond donors (Lipinski definition) is 2. The minimum Gasteiger partial charge on any atom is -0.457 e. The van der Waals surface area contributed by atoms with Gasteiger partial charge < -0.3 is 20.5 Å². The van der Waals surface area contributed by atoms with Crippen LogP contribution in [0.1, 0.15) is 27.7 Å². The first-order valence-electron chi connectivity index (χ1n) is 14.5. The highest BCUT2D eigenvalue weighted by molar-refractivity contribution is 5.97. The Morgan fingerprint density at radius 2 is 1.89 bits per heavy atom. The van der Waals surface area contributed by atoms with Crippen LogP contribution in [0.15, 0.2) is 77.4 Å². The fraction of sp³-hybridized carbons (Fsp3) is 0.344. The SMILES string of the molecule is CCN(C1COC1)C(C)(C)C=C(C#N)C(=O)NC(C)Cn1c(=O)n(-c2ccc(Oc3ccccc3)cc2)c2c(N)ncnc21. The molecule has 1 amide bonds. The molecule has 1 unspecified atom stereocenters. The quantitative estimate of drug-likeness (QED) is 0.196. The minimum atomic E-state index is -0.546. The van der Waals surface area contributed by atoms with Crippen LogP contribution in [0.4, 0.5) is 5.82 Å². The molecule has 1 fully saturated rings. The third-order valence-corrected chi connectivity index (χ3v) is 7.65. The lowest BCUT2D eigenvalue weighted by Gasteiger charge is -2.45. The minimum absolute atomic E-state index is 0.000280. The van der Waals surface area contributed by atoms with Crippen LogP contribution in [-0.4, -0.2) is 67.3 Å². The number of fused-ring (bicyclic) bond motifs is 1. The van der Waals surface area contributed by atoms with Gasteiger partial charge in [0.1, 0.15) is 35.0 Å². The maximum absolute atomic E-state index is 13.8. The van der Waals surface area contributed by atoms with Gasteiger partial charge in [-0.15, -0.1) is 0 Å². The van der Waals surface area contributed by atoms with Gasteiger partial charge in [0.2, 0.25) is 0 Å². The Kier molecular flexibility index (Phi) is 8.80. The van der Waals surface area contributed by atoms with Crippen molar-refractivity contribution in [2.75, 3.05) is 25.5 Å². The van der Waals surface area contributed by atoms with Crippen molar-refractivity contribution in [1.82, 2.24) is 29.3 Å². The van der Waals surface area contributed by atoms with Gasteiger partial charge in [-0.2, -0.15) is 5.26 Å². The van der Waals surface area contributed by atoms with Crippen molar-refractivity contribution >= 4 is 22.9 Å². The molecule has 4 aromatic rings. The smallest absolute Gasteiger partial charge is 0.335 e. The predicted octanol–water partition coefficient (Wildman–Crippen LogP) is 3.41. The molecule has 0 radical (unpaired) electrons. The summed E-state index contributed by atoms with van der Waals surface area (Å²) in [5, 5.41) is 12.7. The van der Waals surface area contributed by atoms with Crippen LogP contribution in [0, 0.1) is 11.3 Å². The highest BCUT2D eigenvalue weighted by atomic mass is 16.5. The zero-order chi connectivity index (χ0) is 31.4. The van der Waals surface area contributed by atoms with Gasteiger partial charge in [0, 0.05) is 18.1 Å². The molecular formula is C32H36N8O4. The number of likely N-dealkylation sites (N-methyl/N-ethyl adjacent to an activating group) is 1. The highest BCUT2D eigenvalue weighted by Gasteiger charge is 2.35. The average molecular weight is 597 g/mol. The number of nitriles is 1. The third kappa shape index (κ3) is 6.20. The number of hydrogen-bond acceptors (Lipinski definition) is 9. The average Bonchev–Trinajstić information content (AvgIpc) is 3.26. The summed E-state index contributed by atoms with van der Waals surface area (Å²) in [5.41, 5.74) is 6.51. The lowest BCUT2D eigenvalue weighted by molar-refractivity contribution is -0.118. The monoisotopic (exact) mass is 596 g/mol. The molecule has 1 saturated heterocycles. The van der Waals surface area contributed by atoms with Crippen LogP contribution in [0.3, 0.4) is 0 Å². The summed E-state index contributed by atoms with van der Waals surface area (Å²) in [5.74, 6) is 0.913. The molecule has 44 heavy (non-hydrogen) atoms. The van der Waals surface area contributed by atoms with Crippen molar-refractivity contribution in [2.24, 2.45) is 0 Å². The largest absolute Gasteiger partial charge is 0.457 e. The van der Waals surface area contributed by atoms with Gasteiger partial charge in [0.15, 0.2) is 11.5 Å². The second-order valence-corrected chi connectivity index (χ2v) is 11.2. The van der Waals surface area contributed by atoms with Gasteiger partial charge in [0.05, 0.1) is 24.9 Å². The maximum atomic E-state index is 13.8. The normalized spacial score (nSPS) is 14.7. The number of nitrogens with one attached hydrogen (secondary N) is 1. The molecule has 2 aromatic heterocycles. The van der Waals surface area contributed by atoms with E-state index in [0.29, 0.717) is 41.6 Å². The number of carbonyl (C=O) groups is 1. The van der Waals surface area contributed by atoms with Crippen LogP contribution in [0.2, 0.25) is 0 Å². The van der Waals surface area contributed by atoms with Gasteiger partial charge in [-0.3, -0.25) is 18.8 Å². The van der Waals surface area contributed by atoms with Crippen molar-refractivity contribution in [1.29, 1.82) is 5.26 Å². The maximum Gasteiger partial charge on any atom is 0.335 e. The van der Waals surface area contributed by atoms with Gasteiger partial charge in [-0.25, -0.2) is 14.8 Å². The molecule has 5 rings (SSSR count). The first-order valence-corrected chi connectivity index (χ1v) is 14.5. The van der Waals surface area contributed by atoms with E-state index in [-0.39, 0.29) is 24.0 Å². The number of nitrogen functional groups attached to an aromatic ring is 1. The van der Waals surface area contributed by atoms with E-state index in [9.17, 15) is 14.9 Å². The molecule has 0 aliphatic carbocycles. The van der Waals surface area contributed by atoms with Crippen LogP contribution >= 0.6 is 0 Å². The van der Waals surface area contributed by atoms with Crippen LogP contribution in [0.25, 0.3) is 16.9 Å². The molecule has 3 N–H and O–H groups in total. The number of carbonyl (C=O) groups excluding carboxylic acids is 1. The number of amides is 1. The summed E-state index contributed by atoms with van der Waals surface area (Å²) in [6, 6.07) is 18.2. The van der Waals surface area contributed by atoms with Crippen LogP contribution < -0.4 is 21.5 Å². The van der Waals surface area contributed by atoms with Crippen LogP contribution in [0.5, 0.6) is 11.5 Å². The number of rotatable bonds is 11. The van der Waals surface area contributed by atoms with Crippen LogP contribution in [-0.2, 0) is 16.1 Å². The Balaban J connectivity index is 1.38. The zero-order valence-electron chi connectivity index (χ0n) is 25.2. The molecule has 1 atom stereocenters. The molecule has 12 nitrogen and oxygen atoms in total. The summed E-state index contributed by atoms with van der Waals surface area (Å²) in [6.45, 7) is 9.83. The van der Waals surface area contributed by atoms with Crippen molar-refractivity contribution in [3.63, 3.8) is 0 Å². The summed E-state index contributed by atoms with van der Waals surface area (Å²) in [7, 11) is 0. The molecule has 0 spiro atoms. The van der Waals surface area contributed by atoms with E-state index in [4.69, 9.17) is 15.2 Å². The second kappa shape index (κ2) is 12.7. The van der Waals surface area contributed by atoms with E-state index in [1.165, 1.54) is 15.5 Å². The lowest BCUT2D eigenvalue weighted by atomic mass is 9.95. The molecule has 1 aliphatic heterocycles. The number of para-hydroxylation sites is 1. The number of aromatic nitrogens is 4. The van der Waals surface area contributed by atoms with E-state index in [2.05, 4.69) is 20.2 Å². The van der Waals surface area contributed by atoms with E-state index in [1.54, 1.807) is 37.3 Å². The Hall–Kier alpha value is -4.99. The standard InChI is InChI=1S/C32H36N8O4/c1-5-39(24-18-43-19-24)32(3,4)15-22(16-33)30(41)37-21(2)17-38-29-27(28(34)35-20-36-29)40(31(38)42)23-11-13-26(14-12-23)44-25-9-7-6-8-10-25/h6-15,20-21,24H,5,17-19H2,1-4H3,(H,37,41)(H2,34,35,36). The topological polar surface area (TPSA) is 153 Å². The molecule has 0 bridgehead atoms. The molecule has 12 heteroatoms. The summed E-state index contributed by atoms with van der Waals surface area (Å²) < 4.78 is 14.1. The Morgan fingerprint density at radius 3 is 2.50 bits per heavy atom. The fourth-order valence-electron chi connectivity index (χ4n) is 5.54. The number of benzene rings is 2. The zero-order valence-corrected chi connectivity index (χ0v) is 25.2. The van der Waals surface area contributed by atoms with E-state index >= 15 is 0 Å². The summed E-state index contributed by atoms with van der Waals surface area (Å²) >= 11 is 0.